The van der Waals surface area contributed by atoms with Crippen LogP contribution >= 0.6 is 15.9 Å². The van der Waals surface area contributed by atoms with Crippen LogP contribution in [-0.2, 0) is 4.74 Å². The molecule has 1 aromatic heterocycles. The normalized spacial score (nSPS) is 32.7. The Labute approximate surface area is 118 Å². The molecule has 3 aliphatic heterocycles. The monoisotopic (exact) mass is 315 g/mol. The highest BCUT2D eigenvalue weighted by Gasteiger charge is 2.58. The van der Waals surface area contributed by atoms with E-state index in [-0.39, 0.29) is 24.2 Å². The van der Waals surface area contributed by atoms with E-state index in [1.807, 2.05) is 12.3 Å². The zero-order valence-corrected chi connectivity index (χ0v) is 11.5. The summed E-state index contributed by atoms with van der Waals surface area (Å²) in [5.41, 5.74) is 3.60. The van der Waals surface area contributed by atoms with Gasteiger partial charge in [-0.3, -0.25) is 4.98 Å². The van der Waals surface area contributed by atoms with Crippen LogP contribution in [0, 0.1) is 0 Å². The Morgan fingerprint density at radius 1 is 1.05 bits per heavy atom. The van der Waals surface area contributed by atoms with Crippen molar-refractivity contribution in [3.05, 3.63) is 57.8 Å². The number of aromatic nitrogens is 1. The summed E-state index contributed by atoms with van der Waals surface area (Å²) in [4.78, 5) is 4.52. The zero-order valence-electron chi connectivity index (χ0n) is 9.92. The molecule has 1 aromatic carbocycles. The van der Waals surface area contributed by atoms with Gasteiger partial charge in [-0.15, -0.1) is 0 Å². The maximum atomic E-state index is 6.13. The molecular weight excluding hydrogens is 306 g/mol. The van der Waals surface area contributed by atoms with E-state index >= 15 is 0 Å². The van der Waals surface area contributed by atoms with Crippen molar-refractivity contribution in [2.75, 3.05) is 0 Å². The first-order valence-electron chi connectivity index (χ1n) is 6.40. The SMILES string of the molecule is Brc1ccnc2c1O[C@@H]1[C@H]2[C@@H]2O[C@H]1c1ccccc12. The molecule has 0 unspecified atom stereocenters. The molecule has 0 amide bonds. The van der Waals surface area contributed by atoms with Crippen LogP contribution in [0.1, 0.15) is 34.9 Å². The number of hydrogen-bond acceptors (Lipinski definition) is 3. The predicted molar refractivity (Wildman–Crippen MR) is 72.1 cm³/mol. The highest BCUT2D eigenvalue weighted by Crippen LogP contribution is 2.62. The predicted octanol–water partition coefficient (Wildman–Crippen LogP) is 3.51. The van der Waals surface area contributed by atoms with E-state index in [2.05, 4.69) is 45.2 Å². The third kappa shape index (κ3) is 1.15. The van der Waals surface area contributed by atoms with E-state index in [0.29, 0.717) is 0 Å². The molecule has 0 aliphatic carbocycles. The lowest BCUT2D eigenvalue weighted by Crippen LogP contribution is -2.25. The molecule has 94 valence electrons. The highest BCUT2D eigenvalue weighted by molar-refractivity contribution is 9.10. The van der Waals surface area contributed by atoms with Crippen LogP contribution in [0.3, 0.4) is 0 Å². The van der Waals surface area contributed by atoms with E-state index < -0.39 is 0 Å². The van der Waals surface area contributed by atoms with Gasteiger partial charge in [0.25, 0.3) is 0 Å². The fourth-order valence-electron chi connectivity index (χ4n) is 3.59. The molecule has 1 fully saturated rings. The number of nitrogens with zero attached hydrogens (tertiary/aromatic N) is 1. The lowest BCUT2D eigenvalue weighted by Gasteiger charge is -2.22. The molecule has 19 heavy (non-hydrogen) atoms. The van der Waals surface area contributed by atoms with Crippen molar-refractivity contribution in [2.24, 2.45) is 0 Å². The molecule has 4 heteroatoms. The molecule has 5 rings (SSSR count). The van der Waals surface area contributed by atoms with Gasteiger partial charge in [-0.2, -0.15) is 0 Å². The largest absolute Gasteiger partial charge is 0.483 e. The van der Waals surface area contributed by atoms with Crippen LogP contribution < -0.4 is 4.74 Å². The number of hydrogen-bond donors (Lipinski definition) is 0. The van der Waals surface area contributed by atoms with Crippen molar-refractivity contribution < 1.29 is 9.47 Å². The van der Waals surface area contributed by atoms with Gasteiger partial charge in [0.1, 0.15) is 12.2 Å². The minimum absolute atomic E-state index is 0.0484. The molecule has 2 aromatic rings. The second kappa shape index (κ2) is 3.38. The van der Waals surface area contributed by atoms with Crippen molar-refractivity contribution in [1.29, 1.82) is 0 Å². The second-order valence-electron chi connectivity index (χ2n) is 5.22. The molecular formula is C15H10BrNO2. The van der Waals surface area contributed by atoms with Crippen LogP contribution in [0.15, 0.2) is 41.0 Å². The smallest absolute Gasteiger partial charge is 0.156 e. The van der Waals surface area contributed by atoms with Crippen LogP contribution in [0.25, 0.3) is 0 Å². The quantitative estimate of drug-likeness (QED) is 0.745. The standard InChI is InChI=1S/C15H10BrNO2/c16-9-5-6-17-11-10-12-7-3-1-2-4-8(7)13(18-12)15(10)19-14(9)11/h1-6,10,12-13,15H/t10-,12-,13+,15-/m1/s1. The van der Waals surface area contributed by atoms with E-state index in [0.717, 1.165) is 15.9 Å². The maximum absolute atomic E-state index is 6.13. The van der Waals surface area contributed by atoms with Gasteiger partial charge in [0.05, 0.1) is 22.2 Å². The summed E-state index contributed by atoms with van der Waals surface area (Å²) in [6.07, 6.45) is 2.04. The Hall–Kier alpha value is -1.39. The summed E-state index contributed by atoms with van der Waals surface area (Å²) >= 11 is 3.55. The van der Waals surface area contributed by atoms with E-state index in [4.69, 9.17) is 9.47 Å². The molecule has 2 bridgehead atoms. The van der Waals surface area contributed by atoms with Crippen molar-refractivity contribution in [3.63, 3.8) is 0 Å². The van der Waals surface area contributed by atoms with Gasteiger partial charge in [0, 0.05) is 6.20 Å². The third-order valence-electron chi connectivity index (χ3n) is 4.33. The number of halogens is 1. The Kier molecular flexibility index (Phi) is 1.85. The van der Waals surface area contributed by atoms with E-state index in [1.54, 1.807) is 0 Å². The molecule has 4 atom stereocenters. The lowest BCUT2D eigenvalue weighted by molar-refractivity contribution is 0.0362. The van der Waals surface area contributed by atoms with E-state index in [9.17, 15) is 0 Å². The van der Waals surface area contributed by atoms with Gasteiger partial charge < -0.3 is 9.47 Å². The van der Waals surface area contributed by atoms with E-state index in [1.165, 1.54) is 11.1 Å². The number of ether oxygens (including phenoxy) is 2. The fourth-order valence-corrected chi connectivity index (χ4v) is 4.01. The first-order chi connectivity index (χ1) is 9.34. The van der Waals surface area contributed by atoms with Crippen LogP contribution in [0.4, 0.5) is 0 Å². The molecule has 0 saturated carbocycles. The number of pyridine rings is 1. The van der Waals surface area contributed by atoms with Gasteiger partial charge in [0.15, 0.2) is 5.75 Å². The van der Waals surface area contributed by atoms with Gasteiger partial charge >= 0.3 is 0 Å². The summed E-state index contributed by atoms with van der Waals surface area (Å²) in [5, 5.41) is 0. The topological polar surface area (TPSA) is 31.4 Å². The van der Waals surface area contributed by atoms with Crippen molar-refractivity contribution in [2.45, 2.75) is 24.2 Å². The summed E-state index contributed by atoms with van der Waals surface area (Å²) < 4.78 is 13.2. The number of benzene rings is 1. The molecule has 3 aliphatic rings. The minimum atomic E-state index is 0.0484. The first-order valence-corrected chi connectivity index (χ1v) is 7.19. The third-order valence-corrected chi connectivity index (χ3v) is 4.96. The minimum Gasteiger partial charge on any atom is -0.483 e. The fraction of sp³-hybridized carbons (Fsp3) is 0.267. The Morgan fingerprint density at radius 2 is 1.84 bits per heavy atom. The average molecular weight is 316 g/mol. The van der Waals surface area contributed by atoms with Gasteiger partial charge in [-0.1, -0.05) is 24.3 Å². The average Bonchev–Trinajstić information content (AvgIpc) is 3.07. The first kappa shape index (κ1) is 10.4. The zero-order chi connectivity index (χ0) is 12.6. The maximum Gasteiger partial charge on any atom is 0.156 e. The van der Waals surface area contributed by atoms with Gasteiger partial charge in [-0.05, 0) is 33.1 Å². The van der Waals surface area contributed by atoms with Crippen molar-refractivity contribution in [1.82, 2.24) is 4.98 Å². The van der Waals surface area contributed by atoms with Crippen LogP contribution in [-0.4, -0.2) is 11.1 Å². The molecule has 3 nitrogen and oxygen atoms in total. The molecule has 0 radical (unpaired) electrons. The summed E-state index contributed by atoms with van der Waals surface area (Å²) in [7, 11) is 0. The van der Waals surface area contributed by atoms with Crippen LogP contribution in [0.5, 0.6) is 5.75 Å². The Bertz CT molecular complexity index is 702. The number of rotatable bonds is 0. The summed E-state index contributed by atoms with van der Waals surface area (Å²) in [6.45, 7) is 0. The van der Waals surface area contributed by atoms with Crippen LogP contribution in [0.2, 0.25) is 0 Å². The Morgan fingerprint density at radius 3 is 2.68 bits per heavy atom. The lowest BCUT2D eigenvalue weighted by atomic mass is 9.81. The molecule has 0 N–H and O–H groups in total. The summed E-state index contributed by atoms with van der Waals surface area (Å²) in [5.74, 6) is 1.12. The Balaban J connectivity index is 1.71. The summed E-state index contributed by atoms with van der Waals surface area (Å²) in [6, 6.07) is 10.4. The highest BCUT2D eigenvalue weighted by atomic mass is 79.9. The van der Waals surface area contributed by atoms with Gasteiger partial charge in [0.2, 0.25) is 0 Å². The molecule has 4 heterocycles. The molecule has 0 spiro atoms. The second-order valence-corrected chi connectivity index (χ2v) is 6.08. The molecule has 1 saturated heterocycles. The van der Waals surface area contributed by atoms with Crippen molar-refractivity contribution in [3.8, 4) is 5.75 Å². The number of fused-ring (bicyclic) bond motifs is 10. The van der Waals surface area contributed by atoms with Crippen molar-refractivity contribution >= 4 is 15.9 Å². The van der Waals surface area contributed by atoms with Gasteiger partial charge in [-0.25, -0.2) is 0 Å².